The Kier molecular flexibility index (Phi) is 3.65. The summed E-state index contributed by atoms with van der Waals surface area (Å²) in [5, 5.41) is 0. The smallest absolute Gasteiger partial charge is 0.234 e. The third-order valence-electron chi connectivity index (χ3n) is 2.37. The summed E-state index contributed by atoms with van der Waals surface area (Å²) in [4.78, 5) is 12.8. The third-order valence-corrected chi connectivity index (χ3v) is 2.37. The SMILES string of the molecule is COC(CN1CCC1C(N)=O)OC. The average molecular weight is 188 g/mol. The number of carbonyl (C=O) groups excluding carboxylic acids is 1. The monoisotopic (exact) mass is 188 g/mol. The second-order valence-corrected chi connectivity index (χ2v) is 3.10. The first-order valence-corrected chi connectivity index (χ1v) is 4.28. The first-order chi connectivity index (χ1) is 6.19. The lowest BCUT2D eigenvalue weighted by atomic mass is 10.0. The predicted molar refractivity (Wildman–Crippen MR) is 47.0 cm³/mol. The van der Waals surface area contributed by atoms with E-state index < -0.39 is 0 Å². The average Bonchev–Trinajstić information content (AvgIpc) is 2.03. The quantitative estimate of drug-likeness (QED) is 0.572. The van der Waals surface area contributed by atoms with Gasteiger partial charge in [0.2, 0.25) is 5.91 Å². The number of hydrogen-bond donors (Lipinski definition) is 1. The fourth-order valence-corrected chi connectivity index (χ4v) is 1.42. The second-order valence-electron chi connectivity index (χ2n) is 3.10. The van der Waals surface area contributed by atoms with Crippen LogP contribution in [0.2, 0.25) is 0 Å². The zero-order chi connectivity index (χ0) is 9.84. The Morgan fingerprint density at radius 2 is 2.23 bits per heavy atom. The van der Waals surface area contributed by atoms with Crippen LogP contribution in [0.1, 0.15) is 6.42 Å². The lowest BCUT2D eigenvalue weighted by molar-refractivity contribution is -0.143. The van der Waals surface area contributed by atoms with Gasteiger partial charge in [0.25, 0.3) is 0 Å². The summed E-state index contributed by atoms with van der Waals surface area (Å²) in [5.74, 6) is -0.266. The topological polar surface area (TPSA) is 64.8 Å². The number of methoxy groups -OCH3 is 2. The fraction of sp³-hybridized carbons (Fsp3) is 0.875. The third kappa shape index (κ3) is 2.40. The maximum absolute atomic E-state index is 10.8. The lowest BCUT2D eigenvalue weighted by Crippen LogP contribution is -2.57. The van der Waals surface area contributed by atoms with Gasteiger partial charge in [0, 0.05) is 20.8 Å². The highest BCUT2D eigenvalue weighted by Gasteiger charge is 2.33. The van der Waals surface area contributed by atoms with Gasteiger partial charge in [0.15, 0.2) is 6.29 Å². The van der Waals surface area contributed by atoms with Crippen LogP contribution >= 0.6 is 0 Å². The highest BCUT2D eigenvalue weighted by Crippen LogP contribution is 2.17. The molecule has 1 fully saturated rings. The highest BCUT2D eigenvalue weighted by molar-refractivity contribution is 5.80. The van der Waals surface area contributed by atoms with E-state index in [1.807, 2.05) is 4.90 Å². The van der Waals surface area contributed by atoms with Crippen LogP contribution in [0.5, 0.6) is 0 Å². The molecule has 1 atom stereocenters. The highest BCUT2D eigenvalue weighted by atomic mass is 16.7. The zero-order valence-corrected chi connectivity index (χ0v) is 8.03. The number of likely N-dealkylation sites (tertiary alicyclic amines) is 1. The minimum absolute atomic E-state index is 0.132. The molecule has 0 aromatic heterocycles. The van der Waals surface area contributed by atoms with Crippen molar-refractivity contribution in [2.24, 2.45) is 5.73 Å². The second kappa shape index (κ2) is 4.55. The Labute approximate surface area is 77.8 Å². The number of amides is 1. The fourth-order valence-electron chi connectivity index (χ4n) is 1.42. The molecule has 0 spiro atoms. The molecule has 1 unspecified atom stereocenters. The van der Waals surface area contributed by atoms with Gasteiger partial charge in [-0.05, 0) is 6.42 Å². The van der Waals surface area contributed by atoms with Gasteiger partial charge in [-0.3, -0.25) is 9.69 Å². The summed E-state index contributed by atoms with van der Waals surface area (Å²) in [7, 11) is 3.15. The summed E-state index contributed by atoms with van der Waals surface area (Å²) in [6, 6.07) is -0.132. The van der Waals surface area contributed by atoms with Crippen LogP contribution in [0.3, 0.4) is 0 Å². The van der Waals surface area contributed by atoms with E-state index in [2.05, 4.69) is 0 Å². The van der Waals surface area contributed by atoms with Crippen molar-refractivity contribution in [2.45, 2.75) is 18.8 Å². The lowest BCUT2D eigenvalue weighted by Gasteiger charge is -2.39. The minimum Gasteiger partial charge on any atom is -0.368 e. The molecule has 5 heteroatoms. The van der Waals surface area contributed by atoms with Gasteiger partial charge in [-0.2, -0.15) is 0 Å². The normalized spacial score (nSPS) is 23.2. The van der Waals surface area contributed by atoms with E-state index in [9.17, 15) is 4.79 Å². The van der Waals surface area contributed by atoms with Crippen molar-refractivity contribution in [1.82, 2.24) is 4.90 Å². The number of carbonyl (C=O) groups is 1. The predicted octanol–water partition coefficient (Wildman–Crippen LogP) is -0.835. The number of nitrogens with zero attached hydrogens (tertiary/aromatic N) is 1. The van der Waals surface area contributed by atoms with E-state index >= 15 is 0 Å². The van der Waals surface area contributed by atoms with Crippen molar-refractivity contribution < 1.29 is 14.3 Å². The number of rotatable bonds is 5. The van der Waals surface area contributed by atoms with Crippen LogP contribution in [-0.2, 0) is 14.3 Å². The molecule has 2 N–H and O–H groups in total. The molecule has 0 aromatic rings. The van der Waals surface area contributed by atoms with Gasteiger partial charge < -0.3 is 15.2 Å². The molecule has 0 bridgehead atoms. The maximum Gasteiger partial charge on any atom is 0.234 e. The summed E-state index contributed by atoms with van der Waals surface area (Å²) in [5.41, 5.74) is 5.18. The van der Waals surface area contributed by atoms with Crippen molar-refractivity contribution in [3.05, 3.63) is 0 Å². The van der Waals surface area contributed by atoms with E-state index in [0.717, 1.165) is 13.0 Å². The molecular formula is C8H16N2O3. The molecule has 0 aliphatic carbocycles. The summed E-state index contributed by atoms with van der Waals surface area (Å²) >= 11 is 0. The molecule has 1 heterocycles. The van der Waals surface area contributed by atoms with E-state index in [-0.39, 0.29) is 18.2 Å². The van der Waals surface area contributed by atoms with Gasteiger partial charge in [-0.25, -0.2) is 0 Å². The van der Waals surface area contributed by atoms with Gasteiger partial charge in [-0.1, -0.05) is 0 Å². The van der Waals surface area contributed by atoms with Crippen LogP contribution in [0, 0.1) is 0 Å². The molecule has 0 aromatic carbocycles. The molecule has 13 heavy (non-hydrogen) atoms. The zero-order valence-electron chi connectivity index (χ0n) is 8.03. The Balaban J connectivity index is 2.32. The van der Waals surface area contributed by atoms with Gasteiger partial charge in [-0.15, -0.1) is 0 Å². The first kappa shape index (κ1) is 10.4. The van der Waals surface area contributed by atoms with Crippen LogP contribution < -0.4 is 5.73 Å². The Bertz CT molecular complexity index is 182. The van der Waals surface area contributed by atoms with E-state index in [1.165, 1.54) is 0 Å². The Morgan fingerprint density at radius 3 is 2.54 bits per heavy atom. The van der Waals surface area contributed by atoms with E-state index in [1.54, 1.807) is 14.2 Å². The van der Waals surface area contributed by atoms with Crippen LogP contribution in [0.15, 0.2) is 0 Å². The van der Waals surface area contributed by atoms with Gasteiger partial charge >= 0.3 is 0 Å². The molecule has 1 aliphatic heterocycles. The Morgan fingerprint density at radius 1 is 1.62 bits per heavy atom. The molecular weight excluding hydrogens is 172 g/mol. The number of primary amides is 1. The van der Waals surface area contributed by atoms with Crippen molar-refractivity contribution >= 4 is 5.91 Å². The molecule has 1 aliphatic rings. The largest absolute Gasteiger partial charge is 0.368 e. The molecule has 0 radical (unpaired) electrons. The molecule has 0 saturated carbocycles. The Hall–Kier alpha value is -0.650. The van der Waals surface area contributed by atoms with Gasteiger partial charge in [0.05, 0.1) is 12.6 Å². The van der Waals surface area contributed by atoms with E-state index in [4.69, 9.17) is 15.2 Å². The standard InChI is InChI=1S/C8H16N2O3/c1-12-7(13-2)5-10-4-3-6(10)8(9)11/h6-7H,3-5H2,1-2H3,(H2,9,11). The summed E-state index contributed by atoms with van der Waals surface area (Å²) < 4.78 is 10.0. The molecule has 1 rings (SSSR count). The summed E-state index contributed by atoms with van der Waals surface area (Å²) in [6.45, 7) is 1.48. The molecule has 1 saturated heterocycles. The number of nitrogens with two attached hydrogens (primary N) is 1. The van der Waals surface area contributed by atoms with Crippen molar-refractivity contribution in [3.63, 3.8) is 0 Å². The molecule has 1 amide bonds. The van der Waals surface area contributed by atoms with Crippen LogP contribution in [0.4, 0.5) is 0 Å². The van der Waals surface area contributed by atoms with Crippen LogP contribution in [-0.4, -0.2) is 50.4 Å². The van der Waals surface area contributed by atoms with Crippen molar-refractivity contribution in [2.75, 3.05) is 27.3 Å². The van der Waals surface area contributed by atoms with Gasteiger partial charge in [0.1, 0.15) is 0 Å². The van der Waals surface area contributed by atoms with Crippen molar-refractivity contribution in [1.29, 1.82) is 0 Å². The molecule has 76 valence electrons. The van der Waals surface area contributed by atoms with E-state index in [0.29, 0.717) is 6.54 Å². The first-order valence-electron chi connectivity index (χ1n) is 4.28. The number of hydrogen-bond acceptors (Lipinski definition) is 4. The number of ether oxygens (including phenoxy) is 2. The summed E-state index contributed by atoms with van der Waals surface area (Å²) in [6.07, 6.45) is 0.567. The molecule has 5 nitrogen and oxygen atoms in total. The van der Waals surface area contributed by atoms with Crippen molar-refractivity contribution in [3.8, 4) is 0 Å². The minimum atomic E-state index is -0.276. The maximum atomic E-state index is 10.8. The van der Waals surface area contributed by atoms with Crippen LogP contribution in [0.25, 0.3) is 0 Å².